The first kappa shape index (κ1) is 31.0. The van der Waals surface area contributed by atoms with E-state index in [2.05, 4.69) is 24.4 Å². The van der Waals surface area contributed by atoms with Gasteiger partial charge >= 0.3 is 6.03 Å². The number of carbonyl (C=O) groups excluding carboxylic acids is 2. The molecule has 0 aliphatic carbocycles. The molecule has 0 aliphatic rings. The normalized spacial score (nSPS) is 10.8. The summed E-state index contributed by atoms with van der Waals surface area (Å²) in [5.41, 5.74) is 3.86. The van der Waals surface area contributed by atoms with E-state index in [0.29, 0.717) is 50.6 Å². The van der Waals surface area contributed by atoms with Crippen LogP contribution >= 0.6 is 11.3 Å². The quantitative estimate of drug-likeness (QED) is 0.248. The van der Waals surface area contributed by atoms with Crippen molar-refractivity contribution in [3.8, 4) is 11.5 Å². The lowest BCUT2D eigenvalue weighted by atomic mass is 10.1. The monoisotopic (exact) mass is 567 g/mol. The summed E-state index contributed by atoms with van der Waals surface area (Å²) in [7, 11) is 4.84. The number of rotatable bonds is 14. The molecular formula is C31H41N3O5S. The molecule has 1 N–H and O–H groups in total. The Labute approximate surface area is 241 Å². The minimum Gasteiger partial charge on any atom is -0.493 e. The number of nitrogens with one attached hydrogen (secondary N) is 1. The number of urea groups is 1. The van der Waals surface area contributed by atoms with Crippen molar-refractivity contribution in [3.63, 3.8) is 0 Å². The maximum Gasteiger partial charge on any atom is 0.322 e. The lowest BCUT2D eigenvalue weighted by molar-refractivity contribution is -0.132. The highest BCUT2D eigenvalue weighted by Gasteiger charge is 2.23. The molecule has 9 heteroatoms. The fraction of sp³-hybridized carbons (Fsp3) is 0.419. The lowest BCUT2D eigenvalue weighted by Crippen LogP contribution is -2.45. The second-order valence-corrected chi connectivity index (χ2v) is 11.2. The number of hydrogen-bond acceptors (Lipinski definition) is 6. The van der Waals surface area contributed by atoms with Crippen molar-refractivity contribution in [3.05, 3.63) is 75.0 Å². The van der Waals surface area contributed by atoms with Crippen LogP contribution in [0.5, 0.6) is 11.5 Å². The van der Waals surface area contributed by atoms with Gasteiger partial charge in [-0.25, -0.2) is 4.79 Å². The Morgan fingerprint density at radius 1 is 0.875 bits per heavy atom. The first-order chi connectivity index (χ1) is 19.2. The number of amides is 3. The first-order valence-electron chi connectivity index (χ1n) is 13.4. The van der Waals surface area contributed by atoms with Crippen molar-refractivity contribution in [1.29, 1.82) is 0 Å². The van der Waals surface area contributed by atoms with Gasteiger partial charge in [0.15, 0.2) is 11.5 Å². The molecule has 3 aromatic rings. The molecule has 40 heavy (non-hydrogen) atoms. The third-order valence-corrected chi connectivity index (χ3v) is 7.61. The number of hydrogen-bond donors (Lipinski definition) is 1. The predicted molar refractivity (Wildman–Crippen MR) is 161 cm³/mol. The lowest BCUT2D eigenvalue weighted by Gasteiger charge is -2.28. The summed E-state index contributed by atoms with van der Waals surface area (Å²) in [6, 6.07) is 15.5. The zero-order valence-electron chi connectivity index (χ0n) is 24.4. The number of anilines is 1. The van der Waals surface area contributed by atoms with E-state index in [1.165, 1.54) is 4.88 Å². The largest absolute Gasteiger partial charge is 0.493 e. The summed E-state index contributed by atoms with van der Waals surface area (Å²) < 4.78 is 16.0. The van der Waals surface area contributed by atoms with E-state index in [1.807, 2.05) is 55.1 Å². The highest BCUT2D eigenvalue weighted by Crippen LogP contribution is 2.28. The van der Waals surface area contributed by atoms with Gasteiger partial charge in [0, 0.05) is 42.2 Å². The van der Waals surface area contributed by atoms with Gasteiger partial charge in [-0.05, 0) is 75.1 Å². The van der Waals surface area contributed by atoms with Crippen LogP contribution in [-0.4, -0.2) is 69.3 Å². The Morgan fingerprint density at radius 3 is 2.30 bits per heavy atom. The van der Waals surface area contributed by atoms with Gasteiger partial charge in [-0.15, -0.1) is 11.3 Å². The second kappa shape index (κ2) is 15.3. The molecule has 216 valence electrons. The number of benzene rings is 2. The number of aryl methyl sites for hydroxylation is 3. The average molecular weight is 568 g/mol. The van der Waals surface area contributed by atoms with Crippen LogP contribution in [0.4, 0.5) is 10.5 Å². The van der Waals surface area contributed by atoms with Crippen molar-refractivity contribution < 1.29 is 23.8 Å². The van der Waals surface area contributed by atoms with E-state index in [0.717, 1.165) is 27.3 Å². The van der Waals surface area contributed by atoms with Gasteiger partial charge in [0.25, 0.3) is 0 Å². The molecule has 3 amide bonds. The van der Waals surface area contributed by atoms with Crippen molar-refractivity contribution in [2.75, 3.05) is 52.9 Å². The van der Waals surface area contributed by atoms with Crippen LogP contribution in [0.2, 0.25) is 0 Å². The van der Waals surface area contributed by atoms with Gasteiger partial charge in [0.2, 0.25) is 5.91 Å². The summed E-state index contributed by atoms with van der Waals surface area (Å²) in [6.07, 6.45) is 1.26. The summed E-state index contributed by atoms with van der Waals surface area (Å²) in [4.78, 5) is 32.8. The molecule has 0 atom stereocenters. The molecule has 1 heterocycles. The van der Waals surface area contributed by atoms with Gasteiger partial charge in [0.1, 0.15) is 6.54 Å². The summed E-state index contributed by atoms with van der Waals surface area (Å²) >= 11 is 1.67. The fourth-order valence-electron chi connectivity index (χ4n) is 4.41. The molecule has 8 nitrogen and oxygen atoms in total. The van der Waals surface area contributed by atoms with E-state index < -0.39 is 0 Å². The molecule has 0 radical (unpaired) electrons. The number of ether oxygens (including phenoxy) is 3. The van der Waals surface area contributed by atoms with Crippen molar-refractivity contribution >= 4 is 29.0 Å². The molecule has 0 spiro atoms. The summed E-state index contributed by atoms with van der Waals surface area (Å²) in [5, 5.41) is 2.99. The molecule has 3 rings (SSSR count). The van der Waals surface area contributed by atoms with Crippen LogP contribution in [0, 0.1) is 20.8 Å². The average Bonchev–Trinajstić information content (AvgIpc) is 3.36. The third kappa shape index (κ3) is 8.99. The molecule has 1 aromatic heterocycles. The molecule has 0 bridgehead atoms. The maximum atomic E-state index is 13.7. The second-order valence-electron chi connectivity index (χ2n) is 9.78. The van der Waals surface area contributed by atoms with Gasteiger partial charge in [-0.2, -0.15) is 0 Å². The van der Waals surface area contributed by atoms with Crippen LogP contribution in [0.3, 0.4) is 0 Å². The number of carbonyl (C=O) groups is 2. The smallest absolute Gasteiger partial charge is 0.322 e. The topological polar surface area (TPSA) is 80.3 Å². The van der Waals surface area contributed by atoms with Gasteiger partial charge in [0.05, 0.1) is 20.8 Å². The summed E-state index contributed by atoms with van der Waals surface area (Å²) in [5.74, 6) is 1.20. The van der Waals surface area contributed by atoms with Crippen LogP contribution in [0.15, 0.2) is 48.5 Å². The first-order valence-corrected chi connectivity index (χ1v) is 14.2. The summed E-state index contributed by atoms with van der Waals surface area (Å²) in [6.45, 7) is 7.87. The Morgan fingerprint density at radius 2 is 1.65 bits per heavy atom. The van der Waals surface area contributed by atoms with Crippen molar-refractivity contribution in [1.82, 2.24) is 9.80 Å². The Kier molecular flexibility index (Phi) is 11.8. The molecule has 0 aliphatic heterocycles. The van der Waals surface area contributed by atoms with Crippen LogP contribution in [0.1, 0.15) is 32.9 Å². The Balaban J connectivity index is 1.77. The van der Waals surface area contributed by atoms with Crippen LogP contribution in [0.25, 0.3) is 0 Å². The SMILES string of the molecule is COCCCN(CC(=O)N(CCc1ccc(OC)c(OC)c1)Cc1ccc(C)s1)C(=O)Nc1ccc(C)cc1C. The Hall–Kier alpha value is -3.56. The number of nitrogens with zero attached hydrogens (tertiary/aromatic N) is 2. The highest BCUT2D eigenvalue weighted by atomic mass is 32.1. The van der Waals surface area contributed by atoms with Crippen LogP contribution < -0.4 is 14.8 Å². The zero-order chi connectivity index (χ0) is 29.1. The van der Waals surface area contributed by atoms with Crippen LogP contribution in [-0.2, 0) is 22.5 Å². The molecule has 0 fully saturated rings. The predicted octanol–water partition coefficient (Wildman–Crippen LogP) is 5.83. The fourth-order valence-corrected chi connectivity index (χ4v) is 5.32. The van der Waals surface area contributed by atoms with E-state index in [-0.39, 0.29) is 18.5 Å². The maximum absolute atomic E-state index is 13.7. The van der Waals surface area contributed by atoms with E-state index >= 15 is 0 Å². The number of methoxy groups -OCH3 is 3. The third-order valence-electron chi connectivity index (χ3n) is 6.63. The molecule has 0 saturated carbocycles. The Bertz CT molecular complexity index is 1280. The zero-order valence-corrected chi connectivity index (χ0v) is 25.2. The van der Waals surface area contributed by atoms with Gasteiger partial charge in [-0.1, -0.05) is 23.8 Å². The van der Waals surface area contributed by atoms with E-state index in [1.54, 1.807) is 37.6 Å². The molecule has 0 saturated heterocycles. The minimum absolute atomic E-state index is 0.0310. The minimum atomic E-state index is -0.303. The van der Waals surface area contributed by atoms with Gasteiger partial charge in [-0.3, -0.25) is 4.79 Å². The van der Waals surface area contributed by atoms with Gasteiger partial charge < -0.3 is 29.3 Å². The number of thiophene rings is 1. The van der Waals surface area contributed by atoms with E-state index in [4.69, 9.17) is 14.2 Å². The highest BCUT2D eigenvalue weighted by molar-refractivity contribution is 7.11. The van der Waals surface area contributed by atoms with Crippen molar-refractivity contribution in [2.24, 2.45) is 0 Å². The van der Waals surface area contributed by atoms with E-state index in [9.17, 15) is 9.59 Å². The molecule has 0 unspecified atom stereocenters. The molecular weight excluding hydrogens is 526 g/mol. The molecule has 2 aromatic carbocycles. The van der Waals surface area contributed by atoms with Crippen molar-refractivity contribution in [2.45, 2.75) is 40.2 Å². The standard InChI is InChI=1S/C31H41N3O5S/c1-22-8-12-27(23(2)18-22)32-31(36)34(15-7-17-37-4)21-30(35)33(20-26-11-9-24(3)40-26)16-14-25-10-13-28(38-5)29(19-25)39-6/h8-13,18-19H,7,14-17,20-21H2,1-6H3,(H,32,36).